The van der Waals surface area contributed by atoms with E-state index in [0.717, 1.165) is 110 Å². The summed E-state index contributed by atoms with van der Waals surface area (Å²) >= 11 is 1.55. The molecule has 4 atom stereocenters. The molecule has 42 heteroatoms. The monoisotopic (exact) mass is 1870 g/mol. The number of halogens is 18. The van der Waals surface area contributed by atoms with Crippen LogP contribution in [0.15, 0.2) is 202 Å². The van der Waals surface area contributed by atoms with E-state index in [2.05, 4.69) is 41.2 Å². The minimum absolute atomic E-state index is 0.00645. The lowest BCUT2D eigenvalue weighted by Crippen LogP contribution is -2.30. The predicted molar refractivity (Wildman–Crippen MR) is 447 cm³/mol. The highest BCUT2D eigenvalue weighted by molar-refractivity contribution is 7.16. The van der Waals surface area contributed by atoms with Crippen molar-refractivity contribution in [2.24, 2.45) is 20.0 Å². The molecule has 20 rings (SSSR count). The average Bonchev–Trinajstić information content (AvgIpc) is 1.61. The van der Waals surface area contributed by atoms with Crippen molar-refractivity contribution in [2.45, 2.75) is 74.6 Å². The van der Waals surface area contributed by atoms with Crippen LogP contribution in [-0.2, 0) is 69.6 Å². The summed E-state index contributed by atoms with van der Waals surface area (Å²) in [6.45, 7) is 0. The number of imide groups is 4. The number of aliphatic imine (C=N–C) groups is 4. The lowest BCUT2D eigenvalue weighted by atomic mass is 10.0. The first-order valence-corrected chi connectivity index (χ1v) is 41.4. The van der Waals surface area contributed by atoms with E-state index in [0.29, 0.717) is 93.8 Å². The Morgan fingerprint density at radius 2 is 0.615 bits per heavy atom. The van der Waals surface area contributed by atoms with Crippen LogP contribution in [-0.4, -0.2) is 72.6 Å². The third kappa shape index (κ3) is 16.9. The normalized spacial score (nSPS) is 17.7. The summed E-state index contributed by atoms with van der Waals surface area (Å²) in [5.74, 6) is -9.84. The van der Waals surface area contributed by atoms with Gasteiger partial charge in [0.05, 0.1) is 28.3 Å². The number of carbonyl (C=O) groups excluding carboxylic acids is 8. The standard InChI is InChI=1S/2C22H12F5N3O2S.2C22H13F4N3O2S/c23-13-7-11(16-3-4-17(33-16)22(25,26)27)8-14(24)18(13)19-20(31)29-21(32)30(19)12-2-1-10-5-6-28-15(10)9-12;23-17-12(15-5-6-16(33-15)22(25,26)27)3-4-13(18(17)24)19-20(31)29-21(32)30(19)11-2-1-10-7-8-28-14(10)9-11;23-15-9-12(2-4-14(15)17-5-6-18(32-17)22(24,25)26)19-20(30)28-21(31)29(19)13-3-1-11-7-8-27-16(11)10-13;23-15-9-12(17-5-6-18(32-17)22(24,25)26)2-4-14(15)19-20(30)28-21(31)29(19)13-3-1-11-7-8-27-16(11)10-13/h1-4,6-9,19H,5H2,(H,29,31,32);1-6,8-9,19H,7H2,(H,29,31,32);2*1-6,8-10,19H,7H2,(H,28,30,31). The molecule has 12 heterocycles. The van der Waals surface area contributed by atoms with Gasteiger partial charge in [-0.05, 0) is 160 Å². The fourth-order valence-corrected chi connectivity index (χ4v) is 18.9. The first-order valence-electron chi connectivity index (χ1n) is 38.2. The average molecular weight is 1870 g/mol. The molecule has 20 nitrogen and oxygen atoms in total. The second-order valence-electron chi connectivity index (χ2n) is 29.4. The largest absolute Gasteiger partial charge is 0.425 e. The van der Waals surface area contributed by atoms with Gasteiger partial charge in [-0.1, -0.05) is 60.7 Å². The highest BCUT2D eigenvalue weighted by atomic mass is 32.1. The van der Waals surface area contributed by atoms with Crippen molar-refractivity contribution in [3.63, 3.8) is 0 Å². The Labute approximate surface area is 734 Å². The zero-order valence-electron chi connectivity index (χ0n) is 65.0. The van der Waals surface area contributed by atoms with E-state index in [1.54, 1.807) is 91.6 Å². The zero-order valence-corrected chi connectivity index (χ0v) is 68.3. The van der Waals surface area contributed by atoms with Crippen LogP contribution in [0.1, 0.15) is 88.2 Å². The molecule has 4 fully saturated rings. The van der Waals surface area contributed by atoms with Crippen LogP contribution < -0.4 is 40.9 Å². The number of amides is 12. The number of hydrogen-bond acceptors (Lipinski definition) is 16. The number of anilines is 4. The van der Waals surface area contributed by atoms with Gasteiger partial charge in [-0.15, -0.1) is 45.3 Å². The smallest absolute Gasteiger partial charge is 0.277 e. The number of urea groups is 4. The Hall–Kier alpha value is -14.3. The van der Waals surface area contributed by atoms with Gasteiger partial charge in [0.1, 0.15) is 66.9 Å². The van der Waals surface area contributed by atoms with E-state index < -0.39 is 162 Å². The molecule has 0 radical (unpaired) electrons. The van der Waals surface area contributed by atoms with Gasteiger partial charge in [0, 0.05) is 115 Å². The molecule has 0 bridgehead atoms. The molecule has 130 heavy (non-hydrogen) atoms. The van der Waals surface area contributed by atoms with E-state index >= 15 is 17.6 Å². The molecule has 4 N–H and O–H groups in total. The van der Waals surface area contributed by atoms with E-state index in [4.69, 9.17) is 0 Å². The van der Waals surface area contributed by atoms with Gasteiger partial charge in [0.15, 0.2) is 11.6 Å². The van der Waals surface area contributed by atoms with Gasteiger partial charge in [0.2, 0.25) is 0 Å². The van der Waals surface area contributed by atoms with E-state index in [-0.39, 0.29) is 75.6 Å². The van der Waals surface area contributed by atoms with Crippen molar-refractivity contribution in [3.05, 3.63) is 281 Å². The quantitative estimate of drug-likeness (QED) is 0.0675. The maximum Gasteiger partial charge on any atom is 0.425 e. The number of thiophene rings is 4. The number of alkyl halides is 12. The van der Waals surface area contributed by atoms with E-state index in [1.807, 2.05) is 6.07 Å². The van der Waals surface area contributed by atoms with Crippen LogP contribution in [0.2, 0.25) is 0 Å². The summed E-state index contributed by atoms with van der Waals surface area (Å²) in [5, 5.41) is 8.57. The van der Waals surface area contributed by atoms with Crippen molar-refractivity contribution in [1.82, 2.24) is 21.3 Å². The highest BCUT2D eigenvalue weighted by Crippen LogP contribution is 2.49. The van der Waals surface area contributed by atoms with Crippen molar-refractivity contribution >= 4 is 163 Å². The molecule has 0 aliphatic carbocycles. The van der Waals surface area contributed by atoms with Gasteiger partial charge < -0.3 is 0 Å². The van der Waals surface area contributed by atoms with Crippen LogP contribution in [0.5, 0.6) is 0 Å². The van der Waals surface area contributed by atoms with Gasteiger partial charge in [0.25, 0.3) is 23.6 Å². The first kappa shape index (κ1) is 87.8. The summed E-state index contributed by atoms with van der Waals surface area (Å²) in [7, 11) is 0. The molecule has 4 unspecified atom stereocenters. The molecule has 8 aliphatic rings. The van der Waals surface area contributed by atoms with Gasteiger partial charge >= 0.3 is 48.8 Å². The summed E-state index contributed by atoms with van der Waals surface area (Å²) in [4.78, 5) is 118. The Morgan fingerprint density at radius 1 is 0.292 bits per heavy atom. The molecule has 8 aromatic carbocycles. The second-order valence-corrected chi connectivity index (χ2v) is 33.7. The molecule has 8 aliphatic heterocycles. The molecule has 0 saturated carbocycles. The minimum atomic E-state index is -4.61. The topological polar surface area (TPSA) is 247 Å². The molecule has 4 aromatic heterocycles. The number of nitrogens with zero attached hydrogens (tertiary/aromatic N) is 8. The number of carbonyl (C=O) groups is 8. The van der Waals surface area contributed by atoms with Crippen molar-refractivity contribution in [3.8, 4) is 41.8 Å². The number of fused-ring (bicyclic) bond motifs is 4. The summed E-state index contributed by atoms with van der Waals surface area (Å²) < 4.78 is 245. The van der Waals surface area contributed by atoms with Gasteiger partial charge in [-0.25, -0.2) is 45.5 Å². The molecule has 660 valence electrons. The molecule has 4 saturated heterocycles. The zero-order chi connectivity index (χ0) is 92.2. The third-order valence-electron chi connectivity index (χ3n) is 21.4. The Bertz CT molecular complexity index is 6890. The SMILES string of the molecule is O=C1NC(=O)N(c2ccc3c(c2)N=CC3)C1c1c(F)cc(-c2ccc(C(F)(F)F)s2)cc1F.O=C1NC(=O)N(c2ccc3c(c2)N=CC3)C1c1ccc(-c2ccc(C(F)(F)F)s2)c(F)c1.O=C1NC(=O)N(c2ccc3c(c2)N=CC3)C1c1ccc(-c2ccc(C(F)(F)F)s2)c(F)c1F.O=C1NC(=O)N(c2ccc3c(c2)N=CC3)C1c1ccc(-c2ccc(C(F)(F)F)s2)cc1F. The Balaban J connectivity index is 0.000000121. The highest BCUT2D eigenvalue weighted by Gasteiger charge is 2.48. The number of hydrogen-bond donors (Lipinski definition) is 4. The second kappa shape index (κ2) is 33.7. The van der Waals surface area contributed by atoms with Crippen LogP contribution in [0.4, 0.5) is 144 Å². The van der Waals surface area contributed by atoms with Crippen molar-refractivity contribution in [2.75, 3.05) is 19.6 Å². The maximum atomic E-state index is 15.1. The van der Waals surface area contributed by atoms with Gasteiger partial charge in [-0.2, -0.15) is 52.7 Å². The van der Waals surface area contributed by atoms with E-state index in [1.165, 1.54) is 41.3 Å². The Morgan fingerprint density at radius 3 is 1.00 bits per heavy atom. The lowest BCUT2D eigenvalue weighted by Gasteiger charge is -2.23. The lowest BCUT2D eigenvalue weighted by molar-refractivity contribution is -0.135. The van der Waals surface area contributed by atoms with Crippen LogP contribution in [0, 0.1) is 34.9 Å². The van der Waals surface area contributed by atoms with Crippen LogP contribution >= 0.6 is 45.3 Å². The summed E-state index contributed by atoms with van der Waals surface area (Å²) in [5.41, 5.74) is 6.37. The number of rotatable bonds is 12. The van der Waals surface area contributed by atoms with E-state index in [9.17, 15) is 99.8 Å². The summed E-state index contributed by atoms with van der Waals surface area (Å²) in [6.07, 6.45) is -8.79. The first-order chi connectivity index (χ1) is 61.7. The van der Waals surface area contributed by atoms with Gasteiger partial charge in [-0.3, -0.25) is 80.0 Å². The van der Waals surface area contributed by atoms with Crippen molar-refractivity contribution in [1.29, 1.82) is 0 Å². The number of benzene rings is 8. The fraction of sp³-hybridized carbons (Fsp3) is 0.136. The maximum absolute atomic E-state index is 15.1. The molecule has 12 amide bonds. The molecular weight excluding hydrogens is 1820 g/mol. The third-order valence-corrected chi connectivity index (χ3v) is 26.1. The molecular formula is C88H50F18N12O8S4. The predicted octanol–water partition coefficient (Wildman–Crippen LogP) is 22.8. The molecule has 12 aromatic rings. The van der Waals surface area contributed by atoms with Crippen LogP contribution in [0.25, 0.3) is 41.8 Å². The fourth-order valence-electron chi connectivity index (χ4n) is 15.3. The Kier molecular flexibility index (Phi) is 22.8. The molecule has 0 spiro atoms. The summed E-state index contributed by atoms with van der Waals surface area (Å²) in [6, 6.07) is 31.0. The van der Waals surface area contributed by atoms with Crippen molar-refractivity contribution < 1.29 is 117 Å². The van der Waals surface area contributed by atoms with Crippen LogP contribution in [0.3, 0.4) is 0 Å². The minimum Gasteiger partial charge on any atom is -0.277 e. The number of nitrogens with one attached hydrogen (secondary N) is 4.